The Hall–Kier alpha value is -3.27. The molecule has 3 aromatic rings. The van der Waals surface area contributed by atoms with Crippen molar-refractivity contribution >= 4 is 11.6 Å². The molecule has 3 heterocycles. The van der Waals surface area contributed by atoms with Crippen LogP contribution >= 0.6 is 0 Å². The van der Waals surface area contributed by atoms with Gasteiger partial charge in [0.2, 0.25) is 0 Å². The summed E-state index contributed by atoms with van der Waals surface area (Å²) in [4.78, 5) is 13.9. The second-order valence-corrected chi connectivity index (χ2v) is 8.06. The van der Waals surface area contributed by atoms with Gasteiger partial charge in [-0.25, -0.2) is 15.0 Å². The molecule has 1 fully saturated rings. The Bertz CT molecular complexity index is 1090. The van der Waals surface area contributed by atoms with Crippen LogP contribution in [0.25, 0.3) is 22.6 Å². The number of nitrogens with zero attached hydrogens (tertiary/aromatic N) is 3. The van der Waals surface area contributed by atoms with Gasteiger partial charge in [-0.3, -0.25) is 0 Å². The fourth-order valence-electron chi connectivity index (χ4n) is 3.72. The Balaban J connectivity index is 1.71. The number of ether oxygens (including phenoxy) is 2. The maximum Gasteiger partial charge on any atom is 0.162 e. The third kappa shape index (κ3) is 5.57. The number of hydrogen-bond donors (Lipinski definition) is 4. The summed E-state index contributed by atoms with van der Waals surface area (Å²) < 4.78 is 11.3. The van der Waals surface area contributed by atoms with Crippen LogP contribution in [0.2, 0.25) is 0 Å². The molecule has 2 unspecified atom stereocenters. The van der Waals surface area contributed by atoms with Crippen molar-refractivity contribution in [2.75, 3.05) is 44.5 Å². The number of nitrogen functional groups attached to an aromatic ring is 1. The monoisotopic (exact) mass is 450 g/mol. The second-order valence-electron chi connectivity index (χ2n) is 8.06. The molecule has 0 saturated carbocycles. The van der Waals surface area contributed by atoms with Crippen molar-refractivity contribution < 1.29 is 14.6 Å². The SMILES string of the molecule is CNCC(O)COc1cccc(-c2nc(NC3CCOC3)c(C)c(-c3cccnc3N)n2)c1. The lowest BCUT2D eigenvalue weighted by molar-refractivity contribution is 0.108. The lowest BCUT2D eigenvalue weighted by Crippen LogP contribution is -2.29. The highest BCUT2D eigenvalue weighted by molar-refractivity contribution is 5.78. The minimum Gasteiger partial charge on any atom is -0.491 e. The lowest BCUT2D eigenvalue weighted by atomic mass is 10.1. The molecular weight excluding hydrogens is 420 g/mol. The molecule has 5 N–H and O–H groups in total. The maximum atomic E-state index is 9.94. The Labute approximate surface area is 193 Å². The van der Waals surface area contributed by atoms with Gasteiger partial charge in [-0.1, -0.05) is 12.1 Å². The van der Waals surface area contributed by atoms with Gasteiger partial charge in [-0.15, -0.1) is 0 Å². The van der Waals surface area contributed by atoms with E-state index in [1.54, 1.807) is 13.2 Å². The number of aromatic nitrogens is 3. The van der Waals surface area contributed by atoms with Gasteiger partial charge in [0.1, 0.15) is 30.1 Å². The van der Waals surface area contributed by atoms with E-state index in [-0.39, 0.29) is 12.6 Å². The van der Waals surface area contributed by atoms with Gasteiger partial charge in [-0.05, 0) is 44.7 Å². The van der Waals surface area contributed by atoms with Gasteiger partial charge in [0.05, 0.1) is 18.3 Å². The van der Waals surface area contributed by atoms with E-state index < -0.39 is 6.10 Å². The number of anilines is 2. The van der Waals surface area contributed by atoms with E-state index in [2.05, 4.69) is 15.6 Å². The molecule has 1 aliphatic heterocycles. The molecule has 0 spiro atoms. The van der Waals surface area contributed by atoms with Crippen LogP contribution in [-0.4, -0.2) is 65.6 Å². The van der Waals surface area contributed by atoms with Crippen LogP contribution in [0.4, 0.5) is 11.6 Å². The third-order valence-electron chi connectivity index (χ3n) is 5.48. The Morgan fingerprint density at radius 1 is 1.27 bits per heavy atom. The van der Waals surface area contributed by atoms with Crippen molar-refractivity contribution in [3.05, 3.63) is 48.2 Å². The van der Waals surface area contributed by atoms with Crippen LogP contribution in [0.15, 0.2) is 42.6 Å². The van der Waals surface area contributed by atoms with Gasteiger partial charge in [0.25, 0.3) is 0 Å². The first kappa shape index (κ1) is 22.9. The number of hydrogen-bond acceptors (Lipinski definition) is 9. The van der Waals surface area contributed by atoms with Crippen molar-refractivity contribution in [3.8, 4) is 28.4 Å². The molecule has 0 bridgehead atoms. The lowest BCUT2D eigenvalue weighted by Gasteiger charge is -2.18. The molecule has 174 valence electrons. The first-order valence-corrected chi connectivity index (χ1v) is 11.0. The van der Waals surface area contributed by atoms with Gasteiger partial charge < -0.3 is 30.9 Å². The molecule has 9 nitrogen and oxygen atoms in total. The molecule has 0 radical (unpaired) electrons. The number of rotatable bonds is 9. The fraction of sp³-hybridized carbons (Fsp3) is 0.375. The summed E-state index contributed by atoms with van der Waals surface area (Å²) >= 11 is 0. The van der Waals surface area contributed by atoms with E-state index in [0.29, 0.717) is 30.5 Å². The Morgan fingerprint density at radius 3 is 2.91 bits per heavy atom. The van der Waals surface area contributed by atoms with E-state index in [0.717, 1.165) is 41.2 Å². The summed E-state index contributed by atoms with van der Waals surface area (Å²) in [5.41, 5.74) is 9.35. The van der Waals surface area contributed by atoms with Crippen LogP contribution < -0.4 is 21.1 Å². The van der Waals surface area contributed by atoms with E-state index in [9.17, 15) is 5.11 Å². The maximum absolute atomic E-state index is 9.94. The first-order chi connectivity index (χ1) is 16.0. The molecule has 0 amide bonds. The van der Waals surface area contributed by atoms with E-state index in [1.165, 1.54) is 0 Å². The van der Waals surface area contributed by atoms with Crippen LogP contribution in [0.3, 0.4) is 0 Å². The standard InChI is InChI=1S/C24H30N6O3/c1-15-21(20-7-4-9-27-22(20)25)29-24(30-23(15)28-17-8-10-32-13-17)16-5-3-6-19(11-16)33-14-18(31)12-26-2/h3-7,9,11,17-18,26,31H,8,10,12-14H2,1-2H3,(H2,25,27)(H,28,29,30). The highest BCUT2D eigenvalue weighted by Gasteiger charge is 2.21. The number of aliphatic hydroxyl groups excluding tert-OH is 1. The minimum absolute atomic E-state index is 0.186. The highest BCUT2D eigenvalue weighted by Crippen LogP contribution is 2.32. The number of likely N-dealkylation sites (N-methyl/N-ethyl adjacent to an activating group) is 1. The predicted molar refractivity (Wildman–Crippen MR) is 128 cm³/mol. The summed E-state index contributed by atoms with van der Waals surface area (Å²) in [6, 6.07) is 11.5. The van der Waals surface area contributed by atoms with Crippen molar-refractivity contribution in [1.29, 1.82) is 0 Å². The highest BCUT2D eigenvalue weighted by atomic mass is 16.5. The molecule has 1 aromatic carbocycles. The quantitative estimate of drug-likeness (QED) is 0.388. The molecule has 1 aliphatic rings. The predicted octanol–water partition coefficient (Wildman–Crippen LogP) is 2.26. The van der Waals surface area contributed by atoms with Crippen molar-refractivity contribution in [1.82, 2.24) is 20.3 Å². The topological polar surface area (TPSA) is 127 Å². The van der Waals surface area contributed by atoms with Crippen molar-refractivity contribution in [2.24, 2.45) is 0 Å². The molecule has 4 rings (SSSR count). The fourth-order valence-corrected chi connectivity index (χ4v) is 3.72. The first-order valence-electron chi connectivity index (χ1n) is 11.0. The normalized spacial score (nSPS) is 16.5. The third-order valence-corrected chi connectivity index (χ3v) is 5.48. The minimum atomic E-state index is -0.598. The molecule has 0 aliphatic carbocycles. The van der Waals surface area contributed by atoms with Crippen LogP contribution in [0.1, 0.15) is 12.0 Å². The summed E-state index contributed by atoms with van der Waals surface area (Å²) in [5.74, 6) is 2.33. The van der Waals surface area contributed by atoms with E-state index in [4.69, 9.17) is 25.2 Å². The largest absolute Gasteiger partial charge is 0.491 e. The zero-order chi connectivity index (χ0) is 23.2. The number of benzene rings is 1. The average Bonchev–Trinajstić information content (AvgIpc) is 3.33. The molecular formula is C24H30N6O3. The number of aliphatic hydroxyl groups is 1. The van der Waals surface area contributed by atoms with E-state index >= 15 is 0 Å². The molecule has 2 aromatic heterocycles. The molecule has 9 heteroatoms. The number of pyridine rings is 1. The molecule has 2 atom stereocenters. The average molecular weight is 451 g/mol. The van der Waals surface area contributed by atoms with Crippen LogP contribution in [0.5, 0.6) is 5.75 Å². The number of nitrogens with two attached hydrogens (primary N) is 1. The summed E-state index contributed by atoms with van der Waals surface area (Å²) in [5, 5.41) is 16.4. The van der Waals surface area contributed by atoms with Gasteiger partial charge in [0.15, 0.2) is 5.82 Å². The van der Waals surface area contributed by atoms with Gasteiger partial charge >= 0.3 is 0 Å². The van der Waals surface area contributed by atoms with E-state index in [1.807, 2.05) is 43.3 Å². The zero-order valence-electron chi connectivity index (χ0n) is 18.9. The smallest absolute Gasteiger partial charge is 0.162 e. The summed E-state index contributed by atoms with van der Waals surface area (Å²) in [7, 11) is 1.79. The molecule has 33 heavy (non-hydrogen) atoms. The van der Waals surface area contributed by atoms with Crippen molar-refractivity contribution in [3.63, 3.8) is 0 Å². The summed E-state index contributed by atoms with van der Waals surface area (Å²) in [6.45, 7) is 3.99. The van der Waals surface area contributed by atoms with Gasteiger partial charge in [0, 0.05) is 36.0 Å². The molecule has 1 saturated heterocycles. The summed E-state index contributed by atoms with van der Waals surface area (Å²) in [6.07, 6.45) is 1.98. The van der Waals surface area contributed by atoms with Gasteiger partial charge in [-0.2, -0.15) is 0 Å². The Kier molecular flexibility index (Phi) is 7.33. The Morgan fingerprint density at radius 2 is 2.15 bits per heavy atom. The zero-order valence-corrected chi connectivity index (χ0v) is 18.9. The second kappa shape index (κ2) is 10.6. The van der Waals surface area contributed by atoms with Crippen molar-refractivity contribution in [2.45, 2.75) is 25.5 Å². The number of nitrogens with one attached hydrogen (secondary N) is 2. The van der Waals surface area contributed by atoms with Crippen LogP contribution in [0, 0.1) is 6.92 Å². The van der Waals surface area contributed by atoms with Crippen LogP contribution in [-0.2, 0) is 4.74 Å².